The maximum Gasteiger partial charge on any atom is 0.408 e. The highest BCUT2D eigenvalue weighted by Crippen LogP contribution is 2.44. The molecule has 2 heterocycles. The van der Waals surface area contributed by atoms with Crippen LogP contribution in [-0.4, -0.2) is 71.2 Å². The minimum Gasteiger partial charge on any atom is -0.481 e. The number of aliphatic carboxylic acids is 1. The molecular formula is C34H37N3O5. The normalized spacial score (nSPS) is 23.7. The molecule has 2 fully saturated rings. The molecule has 42 heavy (non-hydrogen) atoms. The topological polar surface area (TPSA) is 99.2 Å². The van der Waals surface area contributed by atoms with Crippen molar-refractivity contribution in [3.63, 3.8) is 0 Å². The van der Waals surface area contributed by atoms with Gasteiger partial charge in [0.15, 0.2) is 0 Å². The van der Waals surface area contributed by atoms with E-state index in [2.05, 4.69) is 34.5 Å². The van der Waals surface area contributed by atoms with E-state index in [-0.39, 0.29) is 25.0 Å². The summed E-state index contributed by atoms with van der Waals surface area (Å²) in [4.78, 5) is 43.5. The molecule has 8 heteroatoms. The number of carbonyl (C=O) groups excluding carboxylic acids is 2. The van der Waals surface area contributed by atoms with Crippen molar-refractivity contribution in [2.75, 3.05) is 32.8 Å². The minimum atomic E-state index is -1.20. The fourth-order valence-corrected chi connectivity index (χ4v) is 6.92. The van der Waals surface area contributed by atoms with Gasteiger partial charge in [-0.25, -0.2) is 4.79 Å². The van der Waals surface area contributed by atoms with Crippen molar-refractivity contribution in [3.05, 3.63) is 95.6 Å². The molecule has 2 saturated heterocycles. The summed E-state index contributed by atoms with van der Waals surface area (Å²) in [6.07, 6.45) is 0.899. The fraction of sp³-hybridized carbons (Fsp3) is 0.382. The van der Waals surface area contributed by atoms with Crippen LogP contribution in [0.4, 0.5) is 4.79 Å². The monoisotopic (exact) mass is 567 g/mol. The number of likely N-dealkylation sites (tertiary alicyclic amines) is 2. The Morgan fingerprint density at radius 3 is 2.19 bits per heavy atom. The smallest absolute Gasteiger partial charge is 0.408 e. The third kappa shape index (κ3) is 5.27. The molecule has 0 bridgehead atoms. The lowest BCUT2D eigenvalue weighted by molar-refractivity contribution is -0.155. The first-order chi connectivity index (χ1) is 20.3. The highest BCUT2D eigenvalue weighted by molar-refractivity contribution is 5.91. The quantitative estimate of drug-likeness (QED) is 0.422. The molecule has 3 aromatic rings. The molecule has 2 atom stereocenters. The maximum atomic E-state index is 14.2. The fourth-order valence-electron chi connectivity index (χ4n) is 6.92. The zero-order chi connectivity index (χ0) is 29.3. The molecular weight excluding hydrogens is 530 g/mol. The average molecular weight is 568 g/mol. The number of hydrogen-bond donors (Lipinski definition) is 2. The zero-order valence-electron chi connectivity index (χ0n) is 23.9. The van der Waals surface area contributed by atoms with Crippen LogP contribution in [0.25, 0.3) is 11.1 Å². The number of hydrogen-bond acceptors (Lipinski definition) is 5. The minimum absolute atomic E-state index is 0.0914. The van der Waals surface area contributed by atoms with E-state index >= 15 is 0 Å². The van der Waals surface area contributed by atoms with Gasteiger partial charge in [-0.3, -0.25) is 14.5 Å². The Morgan fingerprint density at radius 1 is 0.881 bits per heavy atom. The van der Waals surface area contributed by atoms with Crippen LogP contribution < -0.4 is 5.32 Å². The van der Waals surface area contributed by atoms with Crippen LogP contribution in [0.2, 0.25) is 0 Å². The standard InChI is InChI=1S/C34H37N3O5/c1-33(31(39)40)16-9-18-37(22-33)30(38)34(17-19-36(23-34)20-24-10-3-2-4-11-24)35-32(41)42-21-29-27-14-7-5-12-25(27)26-13-6-8-15-28(26)29/h2-8,10-15,29H,9,16-23H2,1H3,(H,35,41)(H,39,40). The van der Waals surface area contributed by atoms with Gasteiger partial charge in [0.1, 0.15) is 12.1 Å². The number of alkyl carbamates (subject to hydrolysis) is 1. The van der Waals surface area contributed by atoms with Crippen molar-refractivity contribution in [3.8, 4) is 11.1 Å². The second-order valence-corrected chi connectivity index (χ2v) is 12.2. The van der Waals surface area contributed by atoms with Crippen LogP contribution in [-0.2, 0) is 20.9 Å². The van der Waals surface area contributed by atoms with Crippen LogP contribution in [0.1, 0.15) is 48.8 Å². The predicted octanol–water partition coefficient (Wildman–Crippen LogP) is 4.88. The van der Waals surface area contributed by atoms with Gasteiger partial charge in [-0.1, -0.05) is 78.9 Å². The SMILES string of the molecule is CC1(C(=O)O)CCCN(C(=O)C2(NC(=O)OCC3c4ccccc4-c4ccccc43)CCN(Cc3ccccc3)C2)C1. The van der Waals surface area contributed by atoms with Gasteiger partial charge in [0.25, 0.3) is 0 Å². The van der Waals surface area contributed by atoms with Crippen molar-refractivity contribution in [2.24, 2.45) is 5.41 Å². The number of carboxylic acids is 1. The Balaban J connectivity index is 1.20. The summed E-state index contributed by atoms with van der Waals surface area (Å²) < 4.78 is 5.86. The van der Waals surface area contributed by atoms with E-state index < -0.39 is 23.0 Å². The van der Waals surface area contributed by atoms with Gasteiger partial charge in [0, 0.05) is 38.6 Å². The number of fused-ring (bicyclic) bond motifs is 3. The molecule has 6 rings (SSSR count). The molecule has 2 amide bonds. The van der Waals surface area contributed by atoms with Crippen molar-refractivity contribution in [1.82, 2.24) is 15.1 Å². The molecule has 1 aliphatic carbocycles. The number of nitrogens with one attached hydrogen (secondary N) is 1. The van der Waals surface area contributed by atoms with Crippen LogP contribution >= 0.6 is 0 Å². The van der Waals surface area contributed by atoms with E-state index in [1.54, 1.807) is 11.8 Å². The van der Waals surface area contributed by atoms with Gasteiger partial charge in [0.05, 0.1) is 5.41 Å². The number of ether oxygens (including phenoxy) is 1. The van der Waals surface area contributed by atoms with Crippen LogP contribution in [0.3, 0.4) is 0 Å². The largest absolute Gasteiger partial charge is 0.481 e. The number of amides is 2. The number of benzene rings is 3. The number of rotatable bonds is 7. The summed E-state index contributed by atoms with van der Waals surface area (Å²) >= 11 is 0. The van der Waals surface area contributed by atoms with Crippen molar-refractivity contribution < 1.29 is 24.2 Å². The lowest BCUT2D eigenvalue weighted by atomic mass is 9.81. The van der Waals surface area contributed by atoms with E-state index in [0.717, 1.165) is 27.8 Å². The second-order valence-electron chi connectivity index (χ2n) is 12.2. The van der Waals surface area contributed by atoms with Crippen molar-refractivity contribution >= 4 is 18.0 Å². The van der Waals surface area contributed by atoms with Crippen LogP contribution in [0.5, 0.6) is 0 Å². The van der Waals surface area contributed by atoms with Gasteiger partial charge in [-0.15, -0.1) is 0 Å². The third-order valence-electron chi connectivity index (χ3n) is 9.19. The lowest BCUT2D eigenvalue weighted by Crippen LogP contribution is -2.63. The van der Waals surface area contributed by atoms with Crippen molar-refractivity contribution in [1.29, 1.82) is 0 Å². The first kappa shape index (κ1) is 28.0. The summed E-state index contributed by atoms with van der Waals surface area (Å²) in [6, 6.07) is 26.4. The van der Waals surface area contributed by atoms with Gasteiger partial charge < -0.3 is 20.1 Å². The maximum absolute atomic E-state index is 14.2. The second kappa shape index (κ2) is 11.2. The summed E-state index contributed by atoms with van der Waals surface area (Å²) in [7, 11) is 0. The Labute approximate surface area is 246 Å². The Kier molecular flexibility index (Phi) is 7.49. The lowest BCUT2D eigenvalue weighted by Gasteiger charge is -2.42. The van der Waals surface area contributed by atoms with Crippen molar-refractivity contribution in [2.45, 2.75) is 44.2 Å². The predicted molar refractivity (Wildman–Crippen MR) is 159 cm³/mol. The summed E-state index contributed by atoms with van der Waals surface area (Å²) in [6.45, 7) is 4.02. The summed E-state index contributed by atoms with van der Waals surface area (Å²) in [5.74, 6) is -1.24. The highest BCUT2D eigenvalue weighted by Gasteiger charge is 2.51. The van der Waals surface area contributed by atoms with E-state index in [1.165, 1.54) is 0 Å². The van der Waals surface area contributed by atoms with Gasteiger partial charge in [-0.2, -0.15) is 0 Å². The third-order valence-corrected chi connectivity index (χ3v) is 9.19. The number of piperidine rings is 1. The highest BCUT2D eigenvalue weighted by atomic mass is 16.5. The molecule has 2 aliphatic heterocycles. The summed E-state index contributed by atoms with van der Waals surface area (Å²) in [5, 5.41) is 12.8. The Hall–Kier alpha value is -4.17. The van der Waals surface area contributed by atoms with Gasteiger partial charge >= 0.3 is 12.1 Å². The van der Waals surface area contributed by atoms with Gasteiger partial charge in [-0.05, 0) is 54.0 Å². The molecule has 2 N–H and O–H groups in total. The summed E-state index contributed by atoms with van der Waals surface area (Å²) in [5.41, 5.74) is 3.44. The molecule has 0 aromatic heterocycles. The molecule has 3 aliphatic rings. The molecule has 218 valence electrons. The Bertz CT molecular complexity index is 1450. The molecule has 0 radical (unpaired) electrons. The molecule has 0 spiro atoms. The molecule has 3 aromatic carbocycles. The van der Waals surface area contributed by atoms with Gasteiger partial charge in [0.2, 0.25) is 5.91 Å². The Morgan fingerprint density at radius 2 is 1.52 bits per heavy atom. The van der Waals surface area contributed by atoms with Crippen LogP contribution in [0.15, 0.2) is 78.9 Å². The molecule has 8 nitrogen and oxygen atoms in total. The molecule has 0 saturated carbocycles. The van der Waals surface area contributed by atoms with E-state index in [4.69, 9.17) is 4.74 Å². The number of carbonyl (C=O) groups is 3. The average Bonchev–Trinajstić information content (AvgIpc) is 3.55. The van der Waals surface area contributed by atoms with Crippen LogP contribution in [0, 0.1) is 5.41 Å². The number of nitrogens with zero attached hydrogens (tertiary/aromatic N) is 2. The van der Waals surface area contributed by atoms with E-state index in [1.807, 2.05) is 54.6 Å². The van der Waals surface area contributed by atoms with E-state index in [9.17, 15) is 19.5 Å². The zero-order valence-corrected chi connectivity index (χ0v) is 23.9. The first-order valence-corrected chi connectivity index (χ1v) is 14.7. The number of carboxylic acid groups (broad SMARTS) is 1. The van der Waals surface area contributed by atoms with E-state index in [0.29, 0.717) is 45.4 Å². The molecule has 2 unspecified atom stereocenters. The first-order valence-electron chi connectivity index (χ1n) is 14.7.